The van der Waals surface area contributed by atoms with Crippen molar-refractivity contribution in [3.05, 3.63) is 35.1 Å². The second kappa shape index (κ2) is 8.69. The van der Waals surface area contributed by atoms with Crippen LogP contribution in [0.15, 0.2) is 18.2 Å². The lowest BCUT2D eigenvalue weighted by molar-refractivity contribution is -0.137. The van der Waals surface area contributed by atoms with Gasteiger partial charge in [0.25, 0.3) is 0 Å². The summed E-state index contributed by atoms with van der Waals surface area (Å²) in [5.74, 6) is -0.490. The molecule has 0 amide bonds. The van der Waals surface area contributed by atoms with Gasteiger partial charge >= 0.3 is 6.18 Å². The molecule has 0 unspecified atom stereocenters. The average Bonchev–Trinajstić information content (AvgIpc) is 2.56. The summed E-state index contributed by atoms with van der Waals surface area (Å²) in [4.78, 5) is 2.24. The Kier molecular flexibility index (Phi) is 7.11. The third-order valence-corrected chi connectivity index (χ3v) is 5.23. The largest absolute Gasteiger partial charge is 0.416 e. The number of hydrogen-bond acceptors (Lipinski definition) is 2. The van der Waals surface area contributed by atoms with E-state index in [-0.39, 0.29) is 18.4 Å². The number of benzene rings is 1. The van der Waals surface area contributed by atoms with Crippen LogP contribution in [-0.2, 0) is 6.18 Å². The van der Waals surface area contributed by atoms with E-state index in [9.17, 15) is 17.6 Å². The Morgan fingerprint density at radius 1 is 1.00 bits per heavy atom. The van der Waals surface area contributed by atoms with Crippen LogP contribution in [0.2, 0.25) is 0 Å². The van der Waals surface area contributed by atoms with Gasteiger partial charge in [0.2, 0.25) is 0 Å². The molecule has 0 aromatic heterocycles. The van der Waals surface area contributed by atoms with E-state index in [4.69, 9.17) is 0 Å². The molecule has 0 radical (unpaired) electrons. The van der Waals surface area contributed by atoms with Crippen LogP contribution in [-0.4, -0.2) is 31.1 Å². The lowest BCUT2D eigenvalue weighted by Crippen LogP contribution is -2.47. The van der Waals surface area contributed by atoms with Gasteiger partial charge in [-0.2, -0.15) is 13.2 Å². The summed E-state index contributed by atoms with van der Waals surface area (Å²) in [5.41, 5.74) is -0.399. The molecule has 7 heteroatoms. The molecule has 1 saturated heterocycles. The fourth-order valence-corrected chi connectivity index (χ4v) is 4.14. The van der Waals surface area contributed by atoms with Crippen LogP contribution in [0.5, 0.6) is 0 Å². The maximum Gasteiger partial charge on any atom is 0.416 e. The monoisotopic (exact) mass is 380 g/mol. The molecule has 0 spiro atoms. The zero-order valence-corrected chi connectivity index (χ0v) is 14.9. The second-order valence-corrected chi connectivity index (χ2v) is 6.90. The summed E-state index contributed by atoms with van der Waals surface area (Å²) in [6, 6.07) is 2.93. The highest BCUT2D eigenvalue weighted by Gasteiger charge is 2.35. The maximum atomic E-state index is 13.9. The van der Waals surface area contributed by atoms with E-state index < -0.39 is 17.6 Å². The van der Waals surface area contributed by atoms with Crippen LogP contribution in [0.25, 0.3) is 0 Å². The first-order valence-corrected chi connectivity index (χ1v) is 8.77. The van der Waals surface area contributed by atoms with Gasteiger partial charge in [-0.1, -0.05) is 19.3 Å². The molecular formula is C18H25ClF4N2. The third-order valence-electron chi connectivity index (χ3n) is 5.23. The first kappa shape index (κ1) is 20.5. The van der Waals surface area contributed by atoms with Gasteiger partial charge in [0.1, 0.15) is 5.82 Å². The van der Waals surface area contributed by atoms with Crippen LogP contribution < -0.4 is 5.32 Å². The van der Waals surface area contributed by atoms with E-state index in [2.05, 4.69) is 10.2 Å². The molecule has 1 aliphatic carbocycles. The second-order valence-electron chi connectivity index (χ2n) is 6.90. The maximum absolute atomic E-state index is 13.9. The van der Waals surface area contributed by atoms with Gasteiger partial charge in [-0.15, -0.1) is 12.4 Å². The molecule has 2 fully saturated rings. The first-order chi connectivity index (χ1) is 11.4. The predicted molar refractivity (Wildman–Crippen MR) is 92.4 cm³/mol. The summed E-state index contributed by atoms with van der Waals surface area (Å²) in [6.45, 7) is 3.23. The van der Waals surface area contributed by atoms with Crippen LogP contribution in [0, 0.1) is 11.7 Å². The molecule has 1 heterocycles. The van der Waals surface area contributed by atoms with Gasteiger partial charge in [0.15, 0.2) is 0 Å². The van der Waals surface area contributed by atoms with Crippen LogP contribution in [0.4, 0.5) is 17.6 Å². The number of nitrogens with one attached hydrogen (secondary N) is 1. The minimum atomic E-state index is -4.52. The van der Waals surface area contributed by atoms with Crippen LogP contribution in [0.3, 0.4) is 0 Å². The molecule has 1 aromatic carbocycles. The summed E-state index contributed by atoms with van der Waals surface area (Å²) in [5, 5.41) is 3.28. The van der Waals surface area contributed by atoms with Crippen molar-refractivity contribution in [2.45, 2.75) is 44.3 Å². The average molecular weight is 381 g/mol. The van der Waals surface area contributed by atoms with E-state index in [0.29, 0.717) is 17.5 Å². The summed E-state index contributed by atoms with van der Waals surface area (Å²) in [7, 11) is 0. The highest BCUT2D eigenvalue weighted by molar-refractivity contribution is 5.85. The van der Waals surface area contributed by atoms with Crippen molar-refractivity contribution in [3.8, 4) is 0 Å². The minimum Gasteiger partial charge on any atom is -0.314 e. The molecule has 2 nitrogen and oxygen atoms in total. The molecule has 3 rings (SSSR count). The Labute approximate surface area is 152 Å². The number of piperazine rings is 1. The van der Waals surface area contributed by atoms with Gasteiger partial charge in [0.05, 0.1) is 5.56 Å². The molecule has 1 aliphatic heterocycles. The molecule has 1 atom stereocenters. The first-order valence-electron chi connectivity index (χ1n) is 8.77. The van der Waals surface area contributed by atoms with Crippen molar-refractivity contribution in [2.75, 3.05) is 26.2 Å². The van der Waals surface area contributed by atoms with E-state index in [1.165, 1.54) is 12.5 Å². The molecule has 0 bridgehead atoms. The van der Waals surface area contributed by atoms with E-state index >= 15 is 0 Å². The van der Waals surface area contributed by atoms with Crippen molar-refractivity contribution in [2.24, 2.45) is 5.92 Å². The Balaban J connectivity index is 0.00000225. The molecule has 1 aromatic rings. The standard InChI is InChI=1S/C18H24F4N2.ClH/c19-16-11-14(10-15(12-16)18(20,21)22)17(13-4-2-1-3-5-13)24-8-6-23-7-9-24;/h10-13,17,23H,1-9H2;1H/t17-;/m1./s1. The fourth-order valence-electron chi connectivity index (χ4n) is 4.14. The minimum absolute atomic E-state index is 0. The lowest BCUT2D eigenvalue weighted by atomic mass is 9.80. The smallest absolute Gasteiger partial charge is 0.314 e. The van der Waals surface area contributed by atoms with Gasteiger partial charge in [0, 0.05) is 32.2 Å². The van der Waals surface area contributed by atoms with E-state index in [0.717, 1.165) is 57.9 Å². The molecule has 1 saturated carbocycles. The van der Waals surface area contributed by atoms with Crippen molar-refractivity contribution < 1.29 is 17.6 Å². The summed E-state index contributed by atoms with van der Waals surface area (Å²) in [6.07, 6.45) is 0.890. The highest BCUT2D eigenvalue weighted by Crippen LogP contribution is 2.40. The quantitative estimate of drug-likeness (QED) is 0.758. The van der Waals surface area contributed by atoms with Crippen molar-refractivity contribution in [3.63, 3.8) is 0 Å². The van der Waals surface area contributed by atoms with Gasteiger partial charge in [-0.05, 0) is 42.5 Å². The van der Waals surface area contributed by atoms with Gasteiger partial charge in [-0.25, -0.2) is 4.39 Å². The van der Waals surface area contributed by atoms with E-state index in [1.54, 1.807) is 0 Å². The SMILES string of the molecule is Cl.Fc1cc([C@@H](C2CCCCC2)N2CCNCC2)cc(C(F)(F)F)c1. The topological polar surface area (TPSA) is 15.3 Å². The molecule has 2 aliphatic rings. The number of alkyl halides is 3. The van der Waals surface area contributed by atoms with Crippen molar-refractivity contribution >= 4 is 12.4 Å². The van der Waals surface area contributed by atoms with Crippen molar-refractivity contribution in [1.82, 2.24) is 10.2 Å². The molecular weight excluding hydrogens is 356 g/mol. The Hall–Kier alpha value is -0.850. The van der Waals surface area contributed by atoms with E-state index in [1.807, 2.05) is 0 Å². The van der Waals surface area contributed by atoms with Crippen LogP contribution >= 0.6 is 12.4 Å². The van der Waals surface area contributed by atoms with Crippen molar-refractivity contribution in [1.29, 1.82) is 0 Å². The molecule has 25 heavy (non-hydrogen) atoms. The Morgan fingerprint density at radius 2 is 1.64 bits per heavy atom. The third kappa shape index (κ3) is 5.08. The highest BCUT2D eigenvalue weighted by atomic mass is 35.5. The number of rotatable bonds is 3. The fraction of sp³-hybridized carbons (Fsp3) is 0.667. The van der Waals surface area contributed by atoms with Gasteiger partial charge in [-0.3, -0.25) is 4.90 Å². The van der Waals surface area contributed by atoms with Crippen LogP contribution in [0.1, 0.15) is 49.3 Å². The normalized spacial score (nSPS) is 21.6. The summed E-state index contributed by atoms with van der Waals surface area (Å²) < 4.78 is 53.2. The number of halogens is 5. The lowest BCUT2D eigenvalue weighted by Gasteiger charge is -2.41. The molecule has 142 valence electrons. The Bertz CT molecular complexity index is 534. The zero-order chi connectivity index (χ0) is 17.2. The Morgan fingerprint density at radius 3 is 2.24 bits per heavy atom. The number of nitrogens with zero attached hydrogens (tertiary/aromatic N) is 1. The zero-order valence-electron chi connectivity index (χ0n) is 14.1. The molecule has 1 N–H and O–H groups in total. The summed E-state index contributed by atoms with van der Waals surface area (Å²) >= 11 is 0. The number of hydrogen-bond donors (Lipinski definition) is 1. The van der Waals surface area contributed by atoms with Gasteiger partial charge < -0.3 is 5.32 Å². The predicted octanol–water partition coefficient (Wildman–Crippen LogP) is 4.79.